The molecule has 6 nitrogen and oxygen atoms in total. The van der Waals surface area contributed by atoms with E-state index in [9.17, 15) is 8.42 Å². The van der Waals surface area contributed by atoms with Gasteiger partial charge in [0.2, 0.25) is 10.0 Å². The Balaban J connectivity index is 3.01. The van der Waals surface area contributed by atoms with Crippen molar-refractivity contribution in [3.05, 3.63) is 18.3 Å². The molecular formula is C11H20N4O2S. The van der Waals surface area contributed by atoms with Crippen molar-refractivity contribution in [3.8, 4) is 0 Å². The SMILES string of the molecule is CCCN(CCC)S(=O)(=O)c1ccc(NN)nc1. The van der Waals surface area contributed by atoms with Gasteiger partial charge >= 0.3 is 0 Å². The molecule has 0 unspecified atom stereocenters. The zero-order valence-electron chi connectivity index (χ0n) is 10.8. The summed E-state index contributed by atoms with van der Waals surface area (Å²) in [7, 11) is -3.45. The summed E-state index contributed by atoms with van der Waals surface area (Å²) in [6.45, 7) is 4.95. The predicted molar refractivity (Wildman–Crippen MR) is 71.4 cm³/mol. The molecule has 1 heterocycles. The average Bonchev–Trinajstić information content (AvgIpc) is 2.38. The summed E-state index contributed by atoms with van der Waals surface area (Å²) < 4.78 is 26.2. The quantitative estimate of drug-likeness (QED) is 0.575. The third-order valence-electron chi connectivity index (χ3n) is 2.47. The Morgan fingerprint density at radius 2 is 1.89 bits per heavy atom. The van der Waals surface area contributed by atoms with Gasteiger partial charge in [-0.05, 0) is 25.0 Å². The minimum Gasteiger partial charge on any atom is -0.308 e. The molecule has 0 saturated carbocycles. The summed E-state index contributed by atoms with van der Waals surface area (Å²) in [5.74, 6) is 5.63. The van der Waals surface area contributed by atoms with E-state index in [2.05, 4.69) is 10.4 Å². The van der Waals surface area contributed by atoms with Crippen molar-refractivity contribution in [2.24, 2.45) is 5.84 Å². The Bertz CT molecular complexity index is 452. The topological polar surface area (TPSA) is 88.3 Å². The molecule has 0 aliphatic heterocycles. The Morgan fingerprint density at radius 1 is 1.28 bits per heavy atom. The number of nitrogen functional groups attached to an aromatic ring is 1. The van der Waals surface area contributed by atoms with Crippen LogP contribution in [-0.4, -0.2) is 30.8 Å². The van der Waals surface area contributed by atoms with Gasteiger partial charge in [-0.25, -0.2) is 19.2 Å². The molecular weight excluding hydrogens is 252 g/mol. The highest BCUT2D eigenvalue weighted by Crippen LogP contribution is 2.16. The molecule has 0 radical (unpaired) electrons. The lowest BCUT2D eigenvalue weighted by Gasteiger charge is -2.20. The molecule has 102 valence electrons. The minimum atomic E-state index is -3.45. The zero-order chi connectivity index (χ0) is 13.6. The molecule has 0 amide bonds. The summed E-state index contributed by atoms with van der Waals surface area (Å²) in [6, 6.07) is 3.05. The number of hydrazine groups is 1. The molecule has 0 spiro atoms. The average molecular weight is 272 g/mol. The van der Waals surface area contributed by atoms with Crippen LogP contribution in [0.3, 0.4) is 0 Å². The number of nitrogens with one attached hydrogen (secondary N) is 1. The second kappa shape index (κ2) is 6.67. The van der Waals surface area contributed by atoms with E-state index in [1.54, 1.807) is 6.07 Å². The minimum absolute atomic E-state index is 0.198. The van der Waals surface area contributed by atoms with E-state index in [0.29, 0.717) is 18.9 Å². The van der Waals surface area contributed by atoms with Crippen molar-refractivity contribution in [2.45, 2.75) is 31.6 Å². The van der Waals surface area contributed by atoms with Crippen LogP contribution in [0.25, 0.3) is 0 Å². The molecule has 0 saturated heterocycles. The van der Waals surface area contributed by atoms with Crippen LogP contribution in [0.4, 0.5) is 5.82 Å². The summed E-state index contributed by atoms with van der Waals surface area (Å²) in [5, 5.41) is 0. The molecule has 1 aromatic rings. The molecule has 0 atom stereocenters. The number of hydrogen-bond donors (Lipinski definition) is 2. The number of nitrogens with zero attached hydrogens (tertiary/aromatic N) is 2. The fourth-order valence-electron chi connectivity index (χ4n) is 1.62. The highest BCUT2D eigenvalue weighted by Gasteiger charge is 2.23. The van der Waals surface area contributed by atoms with Crippen LogP contribution in [0.15, 0.2) is 23.2 Å². The van der Waals surface area contributed by atoms with E-state index in [4.69, 9.17) is 5.84 Å². The van der Waals surface area contributed by atoms with E-state index in [0.717, 1.165) is 12.8 Å². The predicted octanol–water partition coefficient (Wildman–Crippen LogP) is 1.18. The Hall–Kier alpha value is -1.18. The third-order valence-corrected chi connectivity index (χ3v) is 4.35. The number of hydrogen-bond acceptors (Lipinski definition) is 5. The first-order chi connectivity index (χ1) is 8.56. The Labute approximate surface area is 108 Å². The summed E-state index contributed by atoms with van der Waals surface area (Å²) in [4.78, 5) is 4.12. The number of aromatic nitrogens is 1. The normalized spacial score (nSPS) is 11.8. The number of anilines is 1. The van der Waals surface area contributed by atoms with Crippen LogP contribution in [0, 0.1) is 0 Å². The molecule has 1 aromatic heterocycles. The van der Waals surface area contributed by atoms with Gasteiger partial charge in [-0.15, -0.1) is 0 Å². The van der Waals surface area contributed by atoms with Crippen LogP contribution in [0.2, 0.25) is 0 Å². The van der Waals surface area contributed by atoms with Crippen LogP contribution in [-0.2, 0) is 10.0 Å². The maximum absolute atomic E-state index is 12.3. The number of pyridine rings is 1. The summed E-state index contributed by atoms with van der Waals surface area (Å²) >= 11 is 0. The number of rotatable bonds is 7. The fraction of sp³-hybridized carbons (Fsp3) is 0.545. The highest BCUT2D eigenvalue weighted by atomic mass is 32.2. The maximum Gasteiger partial charge on any atom is 0.244 e. The molecule has 0 fully saturated rings. The number of sulfonamides is 1. The van der Waals surface area contributed by atoms with Crippen molar-refractivity contribution in [1.82, 2.24) is 9.29 Å². The number of nitrogens with two attached hydrogens (primary N) is 1. The first-order valence-electron chi connectivity index (χ1n) is 5.99. The second-order valence-electron chi connectivity index (χ2n) is 3.93. The zero-order valence-corrected chi connectivity index (χ0v) is 11.6. The van der Waals surface area contributed by atoms with E-state index >= 15 is 0 Å². The van der Waals surface area contributed by atoms with Gasteiger partial charge in [-0.1, -0.05) is 13.8 Å². The Kier molecular flexibility index (Phi) is 5.52. The van der Waals surface area contributed by atoms with Gasteiger partial charge in [0.15, 0.2) is 0 Å². The Morgan fingerprint density at radius 3 is 2.28 bits per heavy atom. The van der Waals surface area contributed by atoms with Crippen molar-refractivity contribution >= 4 is 15.8 Å². The van der Waals surface area contributed by atoms with E-state index < -0.39 is 10.0 Å². The van der Waals surface area contributed by atoms with Gasteiger partial charge < -0.3 is 5.43 Å². The van der Waals surface area contributed by atoms with Crippen LogP contribution in [0.1, 0.15) is 26.7 Å². The van der Waals surface area contributed by atoms with E-state index in [1.165, 1.54) is 16.6 Å². The molecule has 3 N–H and O–H groups in total. The monoisotopic (exact) mass is 272 g/mol. The van der Waals surface area contributed by atoms with Crippen molar-refractivity contribution < 1.29 is 8.42 Å². The van der Waals surface area contributed by atoms with E-state index in [-0.39, 0.29) is 4.90 Å². The second-order valence-corrected chi connectivity index (χ2v) is 5.87. The molecule has 18 heavy (non-hydrogen) atoms. The standard InChI is InChI=1S/C11H20N4O2S/c1-3-7-15(8-4-2)18(16,17)10-5-6-11(14-12)13-9-10/h5-6,9H,3-4,7-8,12H2,1-2H3,(H,13,14). The van der Waals surface area contributed by atoms with Gasteiger partial charge in [0.25, 0.3) is 0 Å². The first-order valence-corrected chi connectivity index (χ1v) is 7.43. The molecule has 1 rings (SSSR count). The lowest BCUT2D eigenvalue weighted by Crippen LogP contribution is -2.32. The van der Waals surface area contributed by atoms with Gasteiger partial charge in [-0.3, -0.25) is 0 Å². The summed E-state index contributed by atoms with van der Waals surface area (Å²) in [5.41, 5.74) is 2.37. The van der Waals surface area contributed by atoms with Crippen LogP contribution >= 0.6 is 0 Å². The van der Waals surface area contributed by atoms with Crippen LogP contribution < -0.4 is 11.3 Å². The lowest BCUT2D eigenvalue weighted by molar-refractivity contribution is 0.410. The van der Waals surface area contributed by atoms with Gasteiger partial charge in [0.1, 0.15) is 10.7 Å². The molecule has 7 heteroatoms. The summed E-state index contributed by atoms with van der Waals surface area (Å²) in [6.07, 6.45) is 2.90. The lowest BCUT2D eigenvalue weighted by atomic mass is 10.4. The smallest absolute Gasteiger partial charge is 0.244 e. The van der Waals surface area contributed by atoms with Crippen molar-refractivity contribution in [3.63, 3.8) is 0 Å². The highest BCUT2D eigenvalue weighted by molar-refractivity contribution is 7.89. The van der Waals surface area contributed by atoms with E-state index in [1.807, 2.05) is 13.8 Å². The molecule has 0 aromatic carbocycles. The molecule has 0 bridgehead atoms. The van der Waals surface area contributed by atoms with Crippen molar-refractivity contribution in [1.29, 1.82) is 0 Å². The fourth-order valence-corrected chi connectivity index (χ4v) is 3.19. The van der Waals surface area contributed by atoms with Crippen molar-refractivity contribution in [2.75, 3.05) is 18.5 Å². The largest absolute Gasteiger partial charge is 0.308 e. The molecule has 0 aliphatic rings. The van der Waals surface area contributed by atoms with Crippen LogP contribution in [0.5, 0.6) is 0 Å². The third kappa shape index (κ3) is 3.41. The molecule has 0 aliphatic carbocycles. The van der Waals surface area contributed by atoms with Gasteiger partial charge in [0.05, 0.1) is 0 Å². The first kappa shape index (κ1) is 14.9. The maximum atomic E-state index is 12.3. The van der Waals surface area contributed by atoms with Gasteiger partial charge in [0, 0.05) is 19.3 Å². The van der Waals surface area contributed by atoms with Gasteiger partial charge in [-0.2, -0.15) is 4.31 Å².